The fourth-order valence-electron chi connectivity index (χ4n) is 2.75. The molecular weight excluding hydrogens is 250 g/mol. The minimum Gasteiger partial charge on any atom is -0.399 e. The Hall–Kier alpha value is -2.56. The molecule has 3 heterocycles. The summed E-state index contributed by atoms with van der Waals surface area (Å²) < 4.78 is 1.78. The molecule has 1 aromatic carbocycles. The highest BCUT2D eigenvalue weighted by Gasteiger charge is 2.17. The van der Waals surface area contributed by atoms with E-state index in [0.29, 0.717) is 0 Å². The van der Waals surface area contributed by atoms with Gasteiger partial charge in [-0.25, -0.2) is 9.50 Å². The van der Waals surface area contributed by atoms with Gasteiger partial charge in [0.15, 0.2) is 5.65 Å². The number of rotatable bonds is 1. The fourth-order valence-corrected chi connectivity index (χ4v) is 2.75. The molecule has 5 heteroatoms. The highest BCUT2D eigenvalue weighted by Crippen LogP contribution is 2.24. The highest BCUT2D eigenvalue weighted by atomic mass is 15.3. The smallest absolute Gasteiger partial charge is 0.157 e. The van der Waals surface area contributed by atoms with Crippen LogP contribution in [0.25, 0.3) is 5.65 Å². The molecule has 2 N–H and O–H groups in total. The number of aromatic nitrogens is 3. The van der Waals surface area contributed by atoms with E-state index in [4.69, 9.17) is 5.73 Å². The predicted octanol–water partition coefficient (Wildman–Crippen LogP) is 1.87. The molecule has 0 fully saturated rings. The van der Waals surface area contributed by atoms with Gasteiger partial charge in [-0.05, 0) is 35.7 Å². The Bertz CT molecular complexity index is 777. The lowest BCUT2D eigenvalue weighted by atomic mass is 9.99. The Morgan fingerprint density at radius 1 is 1.10 bits per heavy atom. The van der Waals surface area contributed by atoms with Gasteiger partial charge in [0, 0.05) is 31.0 Å². The van der Waals surface area contributed by atoms with Crippen molar-refractivity contribution < 1.29 is 0 Å². The average Bonchev–Trinajstić information content (AvgIpc) is 2.93. The predicted molar refractivity (Wildman–Crippen MR) is 78.6 cm³/mol. The molecule has 4 rings (SSSR count). The van der Waals surface area contributed by atoms with Gasteiger partial charge in [-0.3, -0.25) is 0 Å². The molecule has 1 aliphatic rings. The minimum absolute atomic E-state index is 0.824. The quantitative estimate of drug-likeness (QED) is 0.682. The molecule has 0 unspecified atom stereocenters. The van der Waals surface area contributed by atoms with Crippen molar-refractivity contribution in [1.82, 2.24) is 14.6 Å². The topological polar surface area (TPSA) is 59.5 Å². The van der Waals surface area contributed by atoms with Gasteiger partial charge in [0.1, 0.15) is 5.82 Å². The number of anilines is 2. The van der Waals surface area contributed by atoms with E-state index >= 15 is 0 Å². The zero-order chi connectivity index (χ0) is 13.5. The van der Waals surface area contributed by atoms with E-state index in [-0.39, 0.29) is 0 Å². The lowest BCUT2D eigenvalue weighted by Crippen LogP contribution is -2.31. The summed E-state index contributed by atoms with van der Waals surface area (Å²) in [6.45, 7) is 1.84. The molecule has 100 valence electrons. The van der Waals surface area contributed by atoms with Gasteiger partial charge in [0.05, 0.1) is 6.20 Å². The third-order valence-corrected chi connectivity index (χ3v) is 3.81. The van der Waals surface area contributed by atoms with Gasteiger partial charge in [0.25, 0.3) is 0 Å². The third kappa shape index (κ3) is 1.79. The summed E-state index contributed by atoms with van der Waals surface area (Å²) in [5, 5.41) is 4.17. The molecule has 5 nitrogen and oxygen atoms in total. The monoisotopic (exact) mass is 265 g/mol. The number of fused-ring (bicyclic) bond motifs is 2. The van der Waals surface area contributed by atoms with Crippen LogP contribution in [0.4, 0.5) is 11.5 Å². The second-order valence-electron chi connectivity index (χ2n) is 5.12. The zero-order valence-corrected chi connectivity index (χ0v) is 11.0. The first-order valence-electron chi connectivity index (χ1n) is 6.72. The van der Waals surface area contributed by atoms with Crippen molar-refractivity contribution in [1.29, 1.82) is 0 Å². The van der Waals surface area contributed by atoms with Crippen LogP contribution in [-0.4, -0.2) is 21.1 Å². The molecule has 0 radical (unpaired) electrons. The summed E-state index contributed by atoms with van der Waals surface area (Å²) in [5.74, 6) is 0.992. The lowest BCUT2D eigenvalue weighted by molar-refractivity contribution is 0.720. The Morgan fingerprint density at radius 2 is 2.05 bits per heavy atom. The summed E-state index contributed by atoms with van der Waals surface area (Å²) in [7, 11) is 0. The highest BCUT2D eigenvalue weighted by molar-refractivity contribution is 5.52. The van der Waals surface area contributed by atoms with Gasteiger partial charge in [0.2, 0.25) is 0 Å². The minimum atomic E-state index is 0.824. The van der Waals surface area contributed by atoms with Crippen molar-refractivity contribution in [2.45, 2.75) is 13.0 Å². The maximum atomic E-state index is 5.88. The van der Waals surface area contributed by atoms with Crippen molar-refractivity contribution in [2.75, 3.05) is 17.2 Å². The first-order valence-corrected chi connectivity index (χ1v) is 6.72. The van der Waals surface area contributed by atoms with E-state index in [1.54, 1.807) is 10.7 Å². The summed E-state index contributed by atoms with van der Waals surface area (Å²) in [5.41, 5.74) is 10.3. The van der Waals surface area contributed by atoms with E-state index in [9.17, 15) is 0 Å². The molecular formula is C15H15N5. The zero-order valence-electron chi connectivity index (χ0n) is 11.0. The van der Waals surface area contributed by atoms with Crippen LogP contribution in [-0.2, 0) is 13.0 Å². The van der Waals surface area contributed by atoms with Crippen LogP contribution in [0, 0.1) is 0 Å². The molecule has 0 saturated heterocycles. The van der Waals surface area contributed by atoms with Crippen molar-refractivity contribution in [2.24, 2.45) is 0 Å². The number of nitrogen functional groups attached to an aromatic ring is 1. The number of hydrogen-bond donors (Lipinski definition) is 1. The second kappa shape index (κ2) is 4.23. The number of nitrogens with two attached hydrogens (primary N) is 1. The van der Waals surface area contributed by atoms with E-state index in [2.05, 4.69) is 27.1 Å². The fraction of sp³-hybridized carbons (Fsp3) is 0.200. The van der Waals surface area contributed by atoms with Crippen LogP contribution in [0.2, 0.25) is 0 Å². The lowest BCUT2D eigenvalue weighted by Gasteiger charge is -2.30. The van der Waals surface area contributed by atoms with Crippen molar-refractivity contribution in [3.8, 4) is 0 Å². The summed E-state index contributed by atoms with van der Waals surface area (Å²) >= 11 is 0. The van der Waals surface area contributed by atoms with E-state index in [1.807, 2.05) is 24.4 Å². The molecule has 0 aliphatic carbocycles. The molecule has 0 saturated carbocycles. The van der Waals surface area contributed by atoms with Crippen molar-refractivity contribution in [3.63, 3.8) is 0 Å². The largest absolute Gasteiger partial charge is 0.399 e. The molecule has 0 spiro atoms. The van der Waals surface area contributed by atoms with Gasteiger partial charge in [-0.2, -0.15) is 5.10 Å². The van der Waals surface area contributed by atoms with Crippen LogP contribution in [0.5, 0.6) is 0 Å². The van der Waals surface area contributed by atoms with Crippen LogP contribution < -0.4 is 10.6 Å². The molecule has 0 bridgehead atoms. The molecule has 3 aromatic rings. The van der Waals surface area contributed by atoms with Gasteiger partial charge < -0.3 is 10.6 Å². The van der Waals surface area contributed by atoms with Crippen LogP contribution in [0.15, 0.2) is 42.7 Å². The number of nitrogens with zero attached hydrogens (tertiary/aromatic N) is 4. The normalized spacial score (nSPS) is 14.5. The summed E-state index contributed by atoms with van der Waals surface area (Å²) in [4.78, 5) is 6.94. The van der Waals surface area contributed by atoms with Crippen LogP contribution in [0.1, 0.15) is 11.1 Å². The number of benzene rings is 1. The molecule has 2 aromatic heterocycles. The second-order valence-corrected chi connectivity index (χ2v) is 5.12. The first kappa shape index (κ1) is 11.3. The summed E-state index contributed by atoms with van der Waals surface area (Å²) in [6.07, 6.45) is 4.74. The van der Waals surface area contributed by atoms with E-state index < -0.39 is 0 Å². The Kier molecular flexibility index (Phi) is 2.39. The Morgan fingerprint density at radius 3 is 3.00 bits per heavy atom. The average molecular weight is 265 g/mol. The van der Waals surface area contributed by atoms with Gasteiger partial charge >= 0.3 is 0 Å². The van der Waals surface area contributed by atoms with Gasteiger partial charge in [-0.15, -0.1) is 0 Å². The first-order chi connectivity index (χ1) is 9.79. The molecule has 20 heavy (non-hydrogen) atoms. The Labute approximate surface area is 116 Å². The number of hydrogen-bond acceptors (Lipinski definition) is 4. The third-order valence-electron chi connectivity index (χ3n) is 3.81. The van der Waals surface area contributed by atoms with Gasteiger partial charge in [-0.1, -0.05) is 6.07 Å². The van der Waals surface area contributed by atoms with Crippen LogP contribution >= 0.6 is 0 Å². The molecule has 0 atom stereocenters. The van der Waals surface area contributed by atoms with E-state index in [1.165, 1.54) is 11.1 Å². The standard InChI is InChI=1S/C15H15N5/c16-13-2-1-11-4-7-19(10-12(11)9-13)14-5-8-20-15(18-14)3-6-17-20/h1-3,5-6,8-9H,4,7,10,16H2. The van der Waals surface area contributed by atoms with E-state index in [0.717, 1.165) is 36.7 Å². The summed E-state index contributed by atoms with van der Waals surface area (Å²) in [6, 6.07) is 10.1. The van der Waals surface area contributed by atoms with Crippen LogP contribution in [0.3, 0.4) is 0 Å². The maximum absolute atomic E-state index is 5.88. The van der Waals surface area contributed by atoms with Crippen molar-refractivity contribution in [3.05, 3.63) is 53.9 Å². The molecule has 0 amide bonds. The maximum Gasteiger partial charge on any atom is 0.157 e. The van der Waals surface area contributed by atoms with Crippen molar-refractivity contribution >= 4 is 17.2 Å². The Balaban J connectivity index is 1.69. The SMILES string of the molecule is Nc1ccc2c(c1)CN(c1ccn3nccc3n1)CC2. The molecule has 1 aliphatic heterocycles.